The van der Waals surface area contributed by atoms with Gasteiger partial charge in [-0.2, -0.15) is 0 Å². The van der Waals surface area contributed by atoms with Crippen molar-refractivity contribution in [2.24, 2.45) is 5.41 Å². The van der Waals surface area contributed by atoms with E-state index in [1.54, 1.807) is 18.3 Å². The van der Waals surface area contributed by atoms with E-state index in [-0.39, 0.29) is 6.42 Å². The molecule has 0 bridgehead atoms. The molecule has 15 heavy (non-hydrogen) atoms. The Balaban J connectivity index is 2.07. The molecular formula is C10H10F2N2O. The van der Waals surface area contributed by atoms with Gasteiger partial charge < -0.3 is 5.32 Å². The third kappa shape index (κ3) is 1.58. The summed E-state index contributed by atoms with van der Waals surface area (Å²) in [6, 6.07) is 3.23. The molecule has 1 atom stereocenters. The Morgan fingerprint density at radius 3 is 2.73 bits per heavy atom. The van der Waals surface area contributed by atoms with Gasteiger partial charge >= 0.3 is 0 Å². The number of hydrogen-bond acceptors (Lipinski definition) is 2. The lowest BCUT2D eigenvalue weighted by atomic mass is 10.1. The maximum absolute atomic E-state index is 12.9. The second kappa shape index (κ2) is 2.98. The van der Waals surface area contributed by atoms with Crippen molar-refractivity contribution >= 4 is 11.6 Å². The van der Waals surface area contributed by atoms with Gasteiger partial charge in [0.25, 0.3) is 5.92 Å². The predicted molar refractivity (Wildman–Crippen MR) is 50.5 cm³/mol. The first kappa shape index (κ1) is 10.0. The van der Waals surface area contributed by atoms with Crippen molar-refractivity contribution in [2.75, 3.05) is 5.32 Å². The summed E-state index contributed by atoms with van der Waals surface area (Å²) >= 11 is 0. The first-order valence-electron chi connectivity index (χ1n) is 4.55. The monoisotopic (exact) mass is 212 g/mol. The fourth-order valence-corrected chi connectivity index (χ4v) is 1.35. The number of aromatic nitrogens is 1. The number of nitrogens with zero attached hydrogens (tertiary/aromatic N) is 1. The molecule has 1 amide bonds. The number of alkyl halides is 2. The number of halogens is 2. The Morgan fingerprint density at radius 2 is 2.27 bits per heavy atom. The summed E-state index contributed by atoms with van der Waals surface area (Å²) in [6.45, 7) is 1.26. The normalized spacial score (nSPS) is 27.1. The molecule has 1 fully saturated rings. The van der Waals surface area contributed by atoms with Crippen LogP contribution in [0.1, 0.15) is 13.3 Å². The topological polar surface area (TPSA) is 42.0 Å². The molecule has 1 unspecified atom stereocenters. The molecule has 1 aromatic rings. The predicted octanol–water partition coefficient (Wildman–Crippen LogP) is 2.07. The highest BCUT2D eigenvalue weighted by molar-refractivity contribution is 5.98. The van der Waals surface area contributed by atoms with Crippen LogP contribution in [-0.4, -0.2) is 16.8 Å². The lowest BCUT2D eigenvalue weighted by Gasteiger charge is -2.10. The molecular weight excluding hydrogens is 202 g/mol. The van der Waals surface area contributed by atoms with Crippen LogP contribution in [0.5, 0.6) is 0 Å². The van der Waals surface area contributed by atoms with Crippen molar-refractivity contribution in [2.45, 2.75) is 19.3 Å². The van der Waals surface area contributed by atoms with Gasteiger partial charge in [0.1, 0.15) is 5.41 Å². The van der Waals surface area contributed by atoms with Crippen molar-refractivity contribution in [3.05, 3.63) is 24.5 Å². The summed E-state index contributed by atoms with van der Waals surface area (Å²) in [5, 5.41) is 2.42. The zero-order valence-corrected chi connectivity index (χ0v) is 8.13. The first-order chi connectivity index (χ1) is 6.96. The summed E-state index contributed by atoms with van der Waals surface area (Å²) in [5.41, 5.74) is -1.12. The van der Waals surface area contributed by atoms with Crippen LogP contribution in [0.15, 0.2) is 24.5 Å². The second-order valence-electron chi connectivity index (χ2n) is 3.91. The highest BCUT2D eigenvalue weighted by Gasteiger charge is 2.72. The van der Waals surface area contributed by atoms with Crippen LogP contribution in [0, 0.1) is 5.41 Å². The number of hydrogen-bond donors (Lipinski definition) is 1. The third-order valence-electron chi connectivity index (χ3n) is 2.68. The molecule has 1 aromatic heterocycles. The molecule has 2 rings (SSSR count). The van der Waals surface area contributed by atoms with Crippen LogP contribution in [0.25, 0.3) is 0 Å². The smallest absolute Gasteiger partial charge is 0.263 e. The number of carbonyl (C=O) groups excluding carboxylic acids is 1. The molecule has 1 aliphatic carbocycles. The standard InChI is InChI=1S/C10H10F2N2O/c1-9(6-10(9,11)12)8(15)14-7-3-2-4-13-5-7/h2-5H,6H2,1H3,(H,14,15). The van der Waals surface area contributed by atoms with Gasteiger partial charge in [-0.15, -0.1) is 0 Å². The molecule has 80 valence electrons. The lowest BCUT2D eigenvalue weighted by Crippen LogP contribution is -2.26. The number of anilines is 1. The molecule has 0 spiro atoms. The number of amides is 1. The van der Waals surface area contributed by atoms with Crippen LogP contribution in [0.2, 0.25) is 0 Å². The van der Waals surface area contributed by atoms with Crippen LogP contribution in [0.4, 0.5) is 14.5 Å². The quantitative estimate of drug-likeness (QED) is 0.815. The number of pyridine rings is 1. The lowest BCUT2D eigenvalue weighted by molar-refractivity contribution is -0.123. The molecule has 3 nitrogen and oxygen atoms in total. The van der Waals surface area contributed by atoms with Crippen molar-refractivity contribution < 1.29 is 13.6 Å². The fraction of sp³-hybridized carbons (Fsp3) is 0.400. The highest BCUT2D eigenvalue weighted by atomic mass is 19.3. The van der Waals surface area contributed by atoms with E-state index in [2.05, 4.69) is 10.3 Å². The van der Waals surface area contributed by atoms with Gasteiger partial charge in [-0.05, 0) is 19.1 Å². The van der Waals surface area contributed by atoms with Crippen molar-refractivity contribution in [3.63, 3.8) is 0 Å². The van der Waals surface area contributed by atoms with Crippen LogP contribution < -0.4 is 5.32 Å². The minimum Gasteiger partial charge on any atom is -0.324 e. The molecule has 0 saturated heterocycles. The van der Waals surface area contributed by atoms with Gasteiger partial charge in [-0.1, -0.05) is 0 Å². The van der Waals surface area contributed by atoms with E-state index in [1.165, 1.54) is 13.1 Å². The maximum atomic E-state index is 12.9. The number of rotatable bonds is 2. The van der Waals surface area contributed by atoms with Crippen molar-refractivity contribution in [1.29, 1.82) is 0 Å². The van der Waals surface area contributed by atoms with E-state index in [1.807, 2.05) is 0 Å². The van der Waals surface area contributed by atoms with E-state index in [4.69, 9.17) is 0 Å². The first-order valence-corrected chi connectivity index (χ1v) is 4.55. The van der Waals surface area contributed by atoms with E-state index in [0.717, 1.165) is 0 Å². The Kier molecular flexibility index (Phi) is 1.99. The number of nitrogens with one attached hydrogen (secondary N) is 1. The Morgan fingerprint density at radius 1 is 1.60 bits per heavy atom. The zero-order valence-electron chi connectivity index (χ0n) is 8.13. The average Bonchev–Trinajstić information content (AvgIpc) is 2.69. The Bertz CT molecular complexity index is 394. The van der Waals surface area contributed by atoms with Crippen molar-refractivity contribution in [3.8, 4) is 0 Å². The molecule has 1 aliphatic rings. The average molecular weight is 212 g/mol. The maximum Gasteiger partial charge on any atom is 0.263 e. The molecule has 0 aliphatic heterocycles. The van der Waals surface area contributed by atoms with Gasteiger partial charge in [0.2, 0.25) is 5.91 Å². The fourth-order valence-electron chi connectivity index (χ4n) is 1.35. The van der Waals surface area contributed by atoms with Gasteiger partial charge in [0, 0.05) is 12.6 Å². The van der Waals surface area contributed by atoms with Gasteiger partial charge in [0.05, 0.1) is 11.9 Å². The van der Waals surface area contributed by atoms with Gasteiger partial charge in [0.15, 0.2) is 0 Å². The SMILES string of the molecule is CC1(C(=O)Nc2cccnc2)CC1(F)F. The molecule has 0 aromatic carbocycles. The molecule has 1 saturated carbocycles. The summed E-state index contributed by atoms with van der Waals surface area (Å²) in [6.07, 6.45) is 2.58. The summed E-state index contributed by atoms with van der Waals surface area (Å²) in [5.74, 6) is -3.53. The van der Waals surface area contributed by atoms with Gasteiger partial charge in [-0.25, -0.2) is 8.78 Å². The molecule has 5 heteroatoms. The molecule has 1 N–H and O–H groups in total. The minimum absolute atomic E-state index is 0.383. The zero-order chi connectivity index (χ0) is 11.1. The van der Waals surface area contributed by atoms with Crippen LogP contribution in [0.3, 0.4) is 0 Å². The minimum atomic E-state index is -2.88. The van der Waals surface area contributed by atoms with E-state index in [0.29, 0.717) is 5.69 Å². The Labute approximate surface area is 85.5 Å². The Hall–Kier alpha value is -1.52. The van der Waals surface area contributed by atoms with E-state index >= 15 is 0 Å². The van der Waals surface area contributed by atoms with Crippen LogP contribution >= 0.6 is 0 Å². The summed E-state index contributed by atoms with van der Waals surface area (Å²) < 4.78 is 25.7. The van der Waals surface area contributed by atoms with E-state index in [9.17, 15) is 13.6 Å². The summed E-state index contributed by atoms with van der Waals surface area (Å²) in [4.78, 5) is 15.3. The van der Waals surface area contributed by atoms with Crippen LogP contribution in [-0.2, 0) is 4.79 Å². The molecule has 0 radical (unpaired) electrons. The molecule has 1 heterocycles. The van der Waals surface area contributed by atoms with Crippen molar-refractivity contribution in [1.82, 2.24) is 4.98 Å². The summed E-state index contributed by atoms with van der Waals surface area (Å²) in [7, 11) is 0. The highest BCUT2D eigenvalue weighted by Crippen LogP contribution is 2.60. The number of carbonyl (C=O) groups is 1. The van der Waals surface area contributed by atoms with E-state index < -0.39 is 17.2 Å². The third-order valence-corrected chi connectivity index (χ3v) is 2.68. The largest absolute Gasteiger partial charge is 0.324 e. The second-order valence-corrected chi connectivity index (χ2v) is 3.91. The van der Waals surface area contributed by atoms with Gasteiger partial charge in [-0.3, -0.25) is 9.78 Å².